The molecule has 0 aliphatic rings. The number of hydrogen-bond acceptors (Lipinski definition) is 4. The van der Waals surface area contributed by atoms with Gasteiger partial charge in [-0.2, -0.15) is 8.42 Å². The van der Waals surface area contributed by atoms with Crippen molar-refractivity contribution in [1.29, 1.82) is 0 Å². The van der Waals surface area contributed by atoms with Crippen molar-refractivity contribution in [2.75, 3.05) is 23.7 Å². The van der Waals surface area contributed by atoms with Gasteiger partial charge in [-0.15, -0.1) is 0 Å². The maximum atomic E-state index is 11.0. The van der Waals surface area contributed by atoms with Gasteiger partial charge in [0.05, 0.1) is 5.75 Å². The molecule has 152 valence electrons. The Bertz CT molecular complexity index is 819. The van der Waals surface area contributed by atoms with E-state index in [1.807, 2.05) is 18.2 Å². The number of pyridine rings is 1. The summed E-state index contributed by atoms with van der Waals surface area (Å²) < 4.78 is 31.0. The minimum Gasteiger partial charge on any atom is -0.372 e. The zero-order valence-electron chi connectivity index (χ0n) is 16.5. The van der Waals surface area contributed by atoms with Crippen molar-refractivity contribution in [1.82, 2.24) is 4.98 Å². The number of nitrogens with zero attached hydrogens (tertiary/aromatic N) is 2. The molecule has 0 aliphatic heterocycles. The second-order valence-electron chi connectivity index (χ2n) is 6.89. The van der Waals surface area contributed by atoms with Crippen LogP contribution in [0.5, 0.6) is 0 Å². The van der Waals surface area contributed by atoms with Crippen LogP contribution in [0.15, 0.2) is 48.8 Å². The lowest BCUT2D eigenvalue weighted by Gasteiger charge is -2.25. The normalized spacial score (nSPS) is 11.8. The highest BCUT2D eigenvalue weighted by Gasteiger charge is 2.09. The summed E-state index contributed by atoms with van der Waals surface area (Å²) in [5.74, 6) is -0.203. The zero-order valence-corrected chi connectivity index (χ0v) is 17.3. The highest BCUT2D eigenvalue weighted by Crippen LogP contribution is 2.18. The van der Waals surface area contributed by atoms with Crippen molar-refractivity contribution < 1.29 is 13.0 Å². The van der Waals surface area contributed by atoms with E-state index < -0.39 is 10.1 Å². The SMILES string of the molecule is CCCCCCN(CCCS(=O)(=O)O)c1ccc(C=Cc2ccncc2)cc1. The number of benzene rings is 1. The Morgan fingerprint density at radius 3 is 2.11 bits per heavy atom. The minimum absolute atomic E-state index is 0.203. The van der Waals surface area contributed by atoms with Crippen LogP contribution in [0.3, 0.4) is 0 Å². The van der Waals surface area contributed by atoms with E-state index in [0.717, 1.165) is 36.2 Å². The average Bonchev–Trinajstić information content (AvgIpc) is 2.69. The Morgan fingerprint density at radius 1 is 0.893 bits per heavy atom. The summed E-state index contributed by atoms with van der Waals surface area (Å²) in [5, 5.41) is 0. The molecule has 0 fully saturated rings. The molecular weight excluding hydrogens is 372 g/mol. The van der Waals surface area contributed by atoms with Crippen LogP contribution in [0.1, 0.15) is 50.2 Å². The first-order chi connectivity index (χ1) is 13.5. The summed E-state index contributed by atoms with van der Waals surface area (Å²) in [6, 6.07) is 12.2. The van der Waals surface area contributed by atoms with Gasteiger partial charge >= 0.3 is 0 Å². The van der Waals surface area contributed by atoms with E-state index in [4.69, 9.17) is 4.55 Å². The second kappa shape index (κ2) is 11.6. The van der Waals surface area contributed by atoms with Gasteiger partial charge in [0, 0.05) is 31.2 Å². The molecule has 0 atom stereocenters. The minimum atomic E-state index is -3.91. The number of anilines is 1. The molecule has 0 unspecified atom stereocenters. The largest absolute Gasteiger partial charge is 0.372 e. The van der Waals surface area contributed by atoms with Crippen molar-refractivity contribution in [3.63, 3.8) is 0 Å². The van der Waals surface area contributed by atoms with Crippen LogP contribution in [0, 0.1) is 0 Å². The maximum Gasteiger partial charge on any atom is 0.264 e. The van der Waals surface area contributed by atoms with E-state index in [0.29, 0.717) is 13.0 Å². The molecule has 0 aliphatic carbocycles. The highest BCUT2D eigenvalue weighted by molar-refractivity contribution is 7.85. The van der Waals surface area contributed by atoms with E-state index in [1.54, 1.807) is 12.4 Å². The molecule has 1 N–H and O–H groups in total. The molecule has 28 heavy (non-hydrogen) atoms. The smallest absolute Gasteiger partial charge is 0.264 e. The average molecular weight is 403 g/mol. The molecule has 0 spiro atoms. The Morgan fingerprint density at radius 2 is 1.50 bits per heavy atom. The zero-order chi connectivity index (χ0) is 20.2. The molecule has 1 aromatic heterocycles. The first-order valence-electron chi connectivity index (χ1n) is 9.86. The van der Waals surface area contributed by atoms with Crippen molar-refractivity contribution in [3.05, 3.63) is 59.9 Å². The Kier molecular flexibility index (Phi) is 9.17. The fourth-order valence-corrected chi connectivity index (χ4v) is 3.49. The molecule has 0 saturated heterocycles. The summed E-state index contributed by atoms with van der Waals surface area (Å²) >= 11 is 0. The Labute approximate surface area is 168 Å². The van der Waals surface area contributed by atoms with Gasteiger partial charge in [-0.25, -0.2) is 0 Å². The van der Waals surface area contributed by atoms with Crippen molar-refractivity contribution in [2.45, 2.75) is 39.0 Å². The van der Waals surface area contributed by atoms with Gasteiger partial charge in [0.2, 0.25) is 0 Å². The lowest BCUT2D eigenvalue weighted by Crippen LogP contribution is -2.27. The van der Waals surface area contributed by atoms with Crippen molar-refractivity contribution in [3.8, 4) is 0 Å². The fraction of sp³-hybridized carbons (Fsp3) is 0.409. The van der Waals surface area contributed by atoms with E-state index in [2.05, 4.69) is 47.1 Å². The van der Waals surface area contributed by atoms with E-state index in [1.165, 1.54) is 12.8 Å². The van der Waals surface area contributed by atoms with Crippen molar-refractivity contribution >= 4 is 28.0 Å². The van der Waals surface area contributed by atoms with Gasteiger partial charge in [0.1, 0.15) is 0 Å². The standard InChI is InChI=1S/C22H30N2O3S/c1-2-3-4-5-17-24(18-6-19-28(25,26)27)22-11-9-20(10-12-22)7-8-21-13-15-23-16-14-21/h7-16H,2-6,17-19H2,1H3,(H,25,26,27). The predicted octanol–water partition coefficient (Wildman–Crippen LogP) is 4.92. The van der Waals surface area contributed by atoms with Crippen LogP contribution in [0.25, 0.3) is 12.2 Å². The molecule has 0 saturated carbocycles. The molecule has 2 aromatic rings. The first kappa shape index (κ1) is 22.1. The number of aromatic nitrogens is 1. The fourth-order valence-electron chi connectivity index (χ4n) is 3.00. The van der Waals surface area contributed by atoms with Gasteiger partial charge in [-0.05, 0) is 48.2 Å². The van der Waals surface area contributed by atoms with Crippen LogP contribution >= 0.6 is 0 Å². The molecule has 0 amide bonds. The van der Waals surface area contributed by atoms with Crippen molar-refractivity contribution in [2.24, 2.45) is 0 Å². The van der Waals surface area contributed by atoms with E-state index in [9.17, 15) is 8.42 Å². The molecule has 1 heterocycles. The third-order valence-electron chi connectivity index (χ3n) is 4.54. The lowest BCUT2D eigenvalue weighted by molar-refractivity contribution is 0.480. The van der Waals surface area contributed by atoms with Gasteiger partial charge in [-0.1, -0.05) is 50.5 Å². The maximum absolute atomic E-state index is 11.0. The monoisotopic (exact) mass is 402 g/mol. The molecule has 2 rings (SSSR count). The lowest BCUT2D eigenvalue weighted by atomic mass is 10.1. The van der Waals surface area contributed by atoms with Gasteiger partial charge in [0.25, 0.3) is 10.1 Å². The highest BCUT2D eigenvalue weighted by atomic mass is 32.2. The molecule has 6 heteroatoms. The molecule has 0 bridgehead atoms. The molecule has 0 radical (unpaired) electrons. The number of hydrogen-bond donors (Lipinski definition) is 1. The Hall–Kier alpha value is -2.18. The Balaban J connectivity index is 2.00. The second-order valence-corrected chi connectivity index (χ2v) is 8.46. The van der Waals surface area contributed by atoms with Crippen LogP contribution in [0.4, 0.5) is 5.69 Å². The third kappa shape index (κ3) is 8.67. The summed E-state index contributed by atoms with van der Waals surface area (Å²) in [7, 11) is -3.91. The van der Waals surface area contributed by atoms with E-state index >= 15 is 0 Å². The topological polar surface area (TPSA) is 70.5 Å². The number of rotatable bonds is 12. The molecular formula is C22H30N2O3S. The number of unbranched alkanes of at least 4 members (excludes halogenated alkanes) is 3. The van der Waals surface area contributed by atoms with Gasteiger partial charge in [0.15, 0.2) is 0 Å². The summed E-state index contributed by atoms with van der Waals surface area (Å²) in [6.45, 7) is 3.68. The van der Waals surface area contributed by atoms with Gasteiger partial charge < -0.3 is 4.90 Å². The summed E-state index contributed by atoms with van der Waals surface area (Å²) in [6.07, 6.45) is 12.7. The molecule has 1 aromatic carbocycles. The summed E-state index contributed by atoms with van der Waals surface area (Å²) in [4.78, 5) is 6.22. The van der Waals surface area contributed by atoms with Crippen LogP contribution < -0.4 is 4.90 Å². The third-order valence-corrected chi connectivity index (χ3v) is 5.35. The van der Waals surface area contributed by atoms with Crippen LogP contribution in [0.2, 0.25) is 0 Å². The molecule has 5 nitrogen and oxygen atoms in total. The quantitative estimate of drug-likeness (QED) is 0.403. The summed E-state index contributed by atoms with van der Waals surface area (Å²) in [5.41, 5.74) is 3.28. The van der Waals surface area contributed by atoms with Crippen LogP contribution in [-0.4, -0.2) is 36.8 Å². The van der Waals surface area contributed by atoms with E-state index in [-0.39, 0.29) is 5.75 Å². The van der Waals surface area contributed by atoms with Crippen LogP contribution in [-0.2, 0) is 10.1 Å². The first-order valence-corrected chi connectivity index (χ1v) is 11.5. The predicted molar refractivity (Wildman–Crippen MR) is 117 cm³/mol. The van der Waals surface area contributed by atoms with Gasteiger partial charge in [-0.3, -0.25) is 9.54 Å².